The van der Waals surface area contributed by atoms with Gasteiger partial charge in [-0.25, -0.2) is 8.42 Å². The van der Waals surface area contributed by atoms with Gasteiger partial charge in [-0.15, -0.1) is 24.0 Å². The molecule has 1 heterocycles. The van der Waals surface area contributed by atoms with E-state index in [9.17, 15) is 8.42 Å². The fourth-order valence-corrected chi connectivity index (χ4v) is 5.05. The molecule has 0 radical (unpaired) electrons. The van der Waals surface area contributed by atoms with E-state index in [-0.39, 0.29) is 41.8 Å². The van der Waals surface area contributed by atoms with Crippen LogP contribution in [0, 0.1) is 13.8 Å². The summed E-state index contributed by atoms with van der Waals surface area (Å²) in [6, 6.07) is 8.48. The molecule has 2 unspecified atom stereocenters. The molecule has 7 nitrogen and oxygen atoms in total. The maximum absolute atomic E-state index is 12.8. The largest absolute Gasteiger partial charge is 0.354 e. The third-order valence-corrected chi connectivity index (χ3v) is 7.06. The summed E-state index contributed by atoms with van der Waals surface area (Å²) in [6.07, 6.45) is 1.49. The van der Waals surface area contributed by atoms with E-state index in [4.69, 9.17) is 0 Å². The number of guanidine groups is 1. The molecule has 0 aliphatic heterocycles. The highest BCUT2D eigenvalue weighted by atomic mass is 127. The summed E-state index contributed by atoms with van der Waals surface area (Å²) < 4.78 is 27.4. The number of benzene rings is 1. The van der Waals surface area contributed by atoms with Crippen LogP contribution in [0.4, 0.5) is 0 Å². The fraction of sp³-hybridized carbons (Fsp3) is 0.545. The van der Waals surface area contributed by atoms with Crippen molar-refractivity contribution >= 4 is 39.8 Å². The molecule has 0 saturated carbocycles. The predicted molar refractivity (Wildman–Crippen MR) is 138 cm³/mol. The molecule has 0 bridgehead atoms. The summed E-state index contributed by atoms with van der Waals surface area (Å²) in [5.74, 6) is 0.659. The molecule has 0 spiro atoms. The first-order valence-electron chi connectivity index (χ1n) is 10.5. The standard InChI is InChI=1S/C22H35N5O2S.HI/c1-7-19(15-30(28,29)20-12-10-9-11-13-20)25-22(23-8-2)24-16(3)14-21-17(4)26-27(6)18(21)5;/h9-13,16,19H,7-8,14-15H2,1-6H3,(H2,23,24,25);1H. The minimum absolute atomic E-state index is 0. The number of hydrogen-bond donors (Lipinski definition) is 2. The van der Waals surface area contributed by atoms with E-state index in [1.165, 1.54) is 5.56 Å². The van der Waals surface area contributed by atoms with Crippen LogP contribution in [-0.2, 0) is 23.3 Å². The van der Waals surface area contributed by atoms with Crippen molar-refractivity contribution in [2.75, 3.05) is 12.3 Å². The lowest BCUT2D eigenvalue weighted by Crippen LogP contribution is -2.49. The maximum Gasteiger partial charge on any atom is 0.191 e. The third kappa shape index (κ3) is 7.78. The summed E-state index contributed by atoms with van der Waals surface area (Å²) in [7, 11) is -1.42. The average molecular weight is 562 g/mol. The highest BCUT2D eigenvalue weighted by Gasteiger charge is 2.22. The highest BCUT2D eigenvalue weighted by Crippen LogP contribution is 2.15. The number of aromatic nitrogens is 2. The molecule has 0 fully saturated rings. The summed E-state index contributed by atoms with van der Waals surface area (Å²) in [5, 5.41) is 11.2. The Bertz CT molecular complexity index is 958. The summed E-state index contributed by atoms with van der Waals surface area (Å²) in [5.41, 5.74) is 3.42. The zero-order valence-corrected chi connectivity index (χ0v) is 22.5. The van der Waals surface area contributed by atoms with Gasteiger partial charge in [-0.05, 0) is 58.2 Å². The summed E-state index contributed by atoms with van der Waals surface area (Å²) >= 11 is 0. The Balaban J connectivity index is 0.00000480. The lowest BCUT2D eigenvalue weighted by Gasteiger charge is -2.23. The normalized spacial score (nSPS) is 13.9. The van der Waals surface area contributed by atoms with Crippen molar-refractivity contribution in [3.8, 4) is 0 Å². The van der Waals surface area contributed by atoms with Crippen LogP contribution in [-0.4, -0.2) is 48.5 Å². The van der Waals surface area contributed by atoms with Gasteiger partial charge in [-0.1, -0.05) is 25.1 Å². The number of nitrogens with one attached hydrogen (secondary N) is 2. The Morgan fingerprint density at radius 3 is 2.32 bits per heavy atom. The highest BCUT2D eigenvalue weighted by molar-refractivity contribution is 14.0. The van der Waals surface area contributed by atoms with E-state index in [0.29, 0.717) is 23.8 Å². The van der Waals surface area contributed by atoms with E-state index in [0.717, 1.165) is 17.8 Å². The molecule has 2 aromatic rings. The van der Waals surface area contributed by atoms with Crippen LogP contribution in [0.15, 0.2) is 40.2 Å². The smallest absolute Gasteiger partial charge is 0.191 e. The molecule has 1 aromatic heterocycles. The number of hydrogen-bond acceptors (Lipinski definition) is 4. The second-order valence-corrected chi connectivity index (χ2v) is 9.72. The van der Waals surface area contributed by atoms with Gasteiger partial charge < -0.3 is 10.6 Å². The molecular formula is C22H36IN5O2S. The second kappa shape index (κ2) is 12.4. The number of rotatable bonds is 9. The van der Waals surface area contributed by atoms with Gasteiger partial charge in [0.25, 0.3) is 0 Å². The van der Waals surface area contributed by atoms with Crippen molar-refractivity contribution in [3.63, 3.8) is 0 Å². The first-order valence-corrected chi connectivity index (χ1v) is 12.2. The fourth-order valence-electron chi connectivity index (χ4n) is 3.44. The second-order valence-electron chi connectivity index (χ2n) is 7.69. The summed E-state index contributed by atoms with van der Waals surface area (Å²) in [6.45, 7) is 10.7. The van der Waals surface area contributed by atoms with Crippen LogP contribution in [0.1, 0.15) is 44.1 Å². The molecule has 0 saturated heterocycles. The molecule has 0 aliphatic rings. The van der Waals surface area contributed by atoms with Gasteiger partial charge in [0.2, 0.25) is 0 Å². The molecule has 2 rings (SSSR count). The zero-order valence-electron chi connectivity index (χ0n) is 19.3. The minimum Gasteiger partial charge on any atom is -0.354 e. The lowest BCUT2D eigenvalue weighted by atomic mass is 10.1. The van der Waals surface area contributed by atoms with E-state index < -0.39 is 9.84 Å². The van der Waals surface area contributed by atoms with Crippen molar-refractivity contribution in [1.29, 1.82) is 0 Å². The van der Waals surface area contributed by atoms with Gasteiger partial charge >= 0.3 is 0 Å². The molecule has 2 N–H and O–H groups in total. The van der Waals surface area contributed by atoms with Crippen molar-refractivity contribution in [2.24, 2.45) is 12.0 Å². The Kier molecular flexibility index (Phi) is 11.0. The number of nitrogens with zero attached hydrogens (tertiary/aromatic N) is 3. The van der Waals surface area contributed by atoms with Gasteiger partial charge in [-0.2, -0.15) is 5.10 Å². The molecule has 0 aliphatic carbocycles. The van der Waals surface area contributed by atoms with Crippen LogP contribution in [0.25, 0.3) is 0 Å². The Labute approximate surface area is 204 Å². The third-order valence-electron chi connectivity index (χ3n) is 5.23. The van der Waals surface area contributed by atoms with E-state index in [2.05, 4.69) is 34.6 Å². The minimum atomic E-state index is -3.37. The van der Waals surface area contributed by atoms with Crippen LogP contribution in [0.2, 0.25) is 0 Å². The molecule has 9 heteroatoms. The topological polar surface area (TPSA) is 88.4 Å². The quantitative estimate of drug-likeness (QED) is 0.279. The number of aryl methyl sites for hydroxylation is 2. The molecular weight excluding hydrogens is 525 g/mol. The zero-order chi connectivity index (χ0) is 22.3. The van der Waals surface area contributed by atoms with Crippen molar-refractivity contribution < 1.29 is 8.42 Å². The average Bonchev–Trinajstić information content (AvgIpc) is 2.94. The first-order chi connectivity index (χ1) is 14.2. The van der Waals surface area contributed by atoms with Crippen LogP contribution in [0.3, 0.4) is 0 Å². The van der Waals surface area contributed by atoms with Crippen molar-refractivity contribution in [3.05, 3.63) is 47.3 Å². The first kappa shape index (κ1) is 27.4. The molecule has 31 heavy (non-hydrogen) atoms. The monoisotopic (exact) mass is 561 g/mol. The number of halogens is 1. The Morgan fingerprint density at radius 2 is 1.81 bits per heavy atom. The van der Waals surface area contributed by atoms with Crippen molar-refractivity contribution in [2.45, 2.75) is 64.4 Å². The van der Waals surface area contributed by atoms with Gasteiger partial charge in [0.05, 0.1) is 16.3 Å². The molecule has 0 amide bonds. The van der Waals surface area contributed by atoms with Gasteiger partial charge in [0.15, 0.2) is 15.8 Å². The van der Waals surface area contributed by atoms with E-state index in [1.807, 2.05) is 38.6 Å². The van der Waals surface area contributed by atoms with Gasteiger partial charge in [-0.3, -0.25) is 9.67 Å². The van der Waals surface area contributed by atoms with E-state index in [1.54, 1.807) is 24.3 Å². The molecule has 2 atom stereocenters. The van der Waals surface area contributed by atoms with Crippen LogP contribution >= 0.6 is 24.0 Å². The van der Waals surface area contributed by atoms with Crippen molar-refractivity contribution in [1.82, 2.24) is 20.4 Å². The van der Waals surface area contributed by atoms with Crippen LogP contribution < -0.4 is 10.6 Å². The van der Waals surface area contributed by atoms with Gasteiger partial charge in [0.1, 0.15) is 0 Å². The molecule has 1 aromatic carbocycles. The summed E-state index contributed by atoms with van der Waals surface area (Å²) in [4.78, 5) is 4.88. The maximum atomic E-state index is 12.8. The SMILES string of the molecule is CCN=C(NC(C)Cc1c(C)nn(C)c1C)NC(CC)CS(=O)(=O)c1ccccc1.I. The predicted octanol–water partition coefficient (Wildman–Crippen LogP) is 3.39. The van der Waals surface area contributed by atoms with E-state index >= 15 is 0 Å². The Hall–Kier alpha value is -1.62. The molecule has 174 valence electrons. The Morgan fingerprint density at radius 1 is 1.16 bits per heavy atom. The van der Waals surface area contributed by atoms with Gasteiger partial charge in [0, 0.05) is 31.4 Å². The number of aliphatic imine (C=N–C) groups is 1. The van der Waals surface area contributed by atoms with Crippen LogP contribution in [0.5, 0.6) is 0 Å². The lowest BCUT2D eigenvalue weighted by molar-refractivity contribution is 0.561. The number of sulfone groups is 1.